The third-order valence-electron chi connectivity index (χ3n) is 6.90. The Kier molecular flexibility index (Phi) is 10.2. The molecule has 0 unspecified atom stereocenters. The molecule has 13 heteroatoms. The molecule has 4 rings (SSSR count). The molecule has 46 heavy (non-hydrogen) atoms. The van der Waals surface area contributed by atoms with Crippen LogP contribution in [0.5, 0.6) is 11.5 Å². The van der Waals surface area contributed by atoms with Gasteiger partial charge in [-0.25, -0.2) is 13.2 Å². The first-order valence-electron chi connectivity index (χ1n) is 13.8. The molecule has 0 aromatic heterocycles. The molecule has 3 nitrogen and oxygen atoms in total. The second-order valence-corrected chi connectivity index (χ2v) is 10.7. The number of alkyl halides is 7. The van der Waals surface area contributed by atoms with Crippen molar-refractivity contribution in [1.29, 1.82) is 0 Å². The summed E-state index contributed by atoms with van der Waals surface area (Å²) >= 11 is 0. The van der Waals surface area contributed by atoms with Gasteiger partial charge in [0.2, 0.25) is 0 Å². The molecule has 0 aliphatic heterocycles. The molecule has 4 aromatic rings. The topological polar surface area (TPSA) is 30.5 Å². The molecule has 246 valence electrons. The van der Waals surface area contributed by atoms with Crippen LogP contribution >= 0.6 is 0 Å². The number of rotatable bonds is 12. The first-order chi connectivity index (χ1) is 21.5. The smallest absolute Gasteiger partial charge is 0.461 e. The molecule has 0 fully saturated rings. The van der Waals surface area contributed by atoms with Gasteiger partial charge in [0.05, 0.1) is 17.2 Å². The largest absolute Gasteiger partial charge is 0.488 e. The minimum atomic E-state index is -5.04. The van der Waals surface area contributed by atoms with Gasteiger partial charge in [-0.05, 0) is 78.9 Å². The highest BCUT2D eigenvalue weighted by Crippen LogP contribution is 2.40. The maximum Gasteiger partial charge on any atom is 0.461 e. The van der Waals surface area contributed by atoms with E-state index in [1.165, 1.54) is 12.1 Å². The van der Waals surface area contributed by atoms with Crippen molar-refractivity contribution in [3.8, 4) is 11.5 Å². The van der Waals surface area contributed by atoms with Gasteiger partial charge >= 0.3 is 18.7 Å². The standard InChI is InChI=1S/C33H27F10NO2/c1-19(2)45-29-15-22(9-11-28(29)36)31(17-20-6-4-3-5-7-20,44-18-21-8-10-27(35)26(12-21)32(39,40)41)23-13-24(34)16-25(14-23)46-33(42,43)30(37)38/h3-16,19,30,44H,17-18H2,1-2H3/t31-/m1/s1. The van der Waals surface area contributed by atoms with E-state index in [4.69, 9.17) is 4.74 Å². The molecule has 0 heterocycles. The lowest BCUT2D eigenvalue weighted by Gasteiger charge is -2.37. The zero-order chi connectivity index (χ0) is 33.9. The average Bonchev–Trinajstić information content (AvgIpc) is 2.96. The van der Waals surface area contributed by atoms with Gasteiger partial charge in [0.25, 0.3) is 0 Å². The van der Waals surface area contributed by atoms with Gasteiger partial charge in [-0.2, -0.15) is 30.7 Å². The van der Waals surface area contributed by atoms with Gasteiger partial charge in [-0.3, -0.25) is 5.32 Å². The van der Waals surface area contributed by atoms with Crippen LogP contribution in [-0.2, 0) is 24.7 Å². The van der Waals surface area contributed by atoms with Gasteiger partial charge in [-0.15, -0.1) is 0 Å². The molecule has 0 saturated carbocycles. The van der Waals surface area contributed by atoms with Crippen molar-refractivity contribution in [2.24, 2.45) is 0 Å². The number of hydrogen-bond donors (Lipinski definition) is 1. The quantitative estimate of drug-likeness (QED) is 0.154. The van der Waals surface area contributed by atoms with Gasteiger partial charge in [0, 0.05) is 12.6 Å². The van der Waals surface area contributed by atoms with Crippen molar-refractivity contribution in [1.82, 2.24) is 5.32 Å². The zero-order valence-corrected chi connectivity index (χ0v) is 24.2. The van der Waals surface area contributed by atoms with Gasteiger partial charge in [-0.1, -0.05) is 42.5 Å². The van der Waals surface area contributed by atoms with E-state index >= 15 is 4.39 Å². The second-order valence-electron chi connectivity index (χ2n) is 10.7. The number of halogens is 10. The maximum atomic E-state index is 15.1. The molecule has 0 aliphatic carbocycles. The maximum absolute atomic E-state index is 15.1. The van der Waals surface area contributed by atoms with E-state index < -0.39 is 65.7 Å². The fourth-order valence-corrected chi connectivity index (χ4v) is 4.87. The van der Waals surface area contributed by atoms with E-state index in [2.05, 4.69) is 10.1 Å². The van der Waals surface area contributed by atoms with Crippen LogP contribution in [0.2, 0.25) is 0 Å². The predicted octanol–water partition coefficient (Wildman–Crippen LogP) is 9.42. The molecular formula is C33H27F10NO2. The lowest BCUT2D eigenvalue weighted by atomic mass is 9.77. The normalized spacial score (nSPS) is 13.6. The van der Waals surface area contributed by atoms with Crippen molar-refractivity contribution in [3.63, 3.8) is 0 Å². The van der Waals surface area contributed by atoms with Crippen LogP contribution in [0.25, 0.3) is 0 Å². The Bertz CT molecular complexity index is 1640. The summed E-state index contributed by atoms with van der Waals surface area (Å²) in [4.78, 5) is 0. The molecule has 0 radical (unpaired) electrons. The zero-order valence-electron chi connectivity index (χ0n) is 24.2. The van der Waals surface area contributed by atoms with Gasteiger partial charge in [0.1, 0.15) is 17.4 Å². The summed E-state index contributed by atoms with van der Waals surface area (Å²) in [5.74, 6) is -4.74. The van der Waals surface area contributed by atoms with Crippen LogP contribution in [-0.4, -0.2) is 18.6 Å². The summed E-state index contributed by atoms with van der Waals surface area (Å²) in [5.41, 5.74) is -2.96. The summed E-state index contributed by atoms with van der Waals surface area (Å²) in [6.07, 6.45) is -15.0. The molecule has 4 aromatic carbocycles. The van der Waals surface area contributed by atoms with E-state index in [1.54, 1.807) is 44.2 Å². The first-order valence-corrected chi connectivity index (χ1v) is 13.8. The lowest BCUT2D eigenvalue weighted by molar-refractivity contribution is -0.253. The Morgan fingerprint density at radius 3 is 2.02 bits per heavy atom. The summed E-state index contributed by atoms with van der Waals surface area (Å²) < 4.78 is 148. The molecule has 0 saturated heterocycles. The predicted molar refractivity (Wildman–Crippen MR) is 149 cm³/mol. The first kappa shape index (κ1) is 34.6. The third-order valence-corrected chi connectivity index (χ3v) is 6.90. The molecule has 0 aliphatic rings. The SMILES string of the molecule is CC(C)Oc1cc([C@@](Cc2ccccc2)(NCc2ccc(F)c(C(F)(F)F)c2)c2cc(F)cc(OC(F)(F)C(F)F)c2)ccc1F. The Morgan fingerprint density at radius 1 is 0.717 bits per heavy atom. The van der Waals surface area contributed by atoms with E-state index in [0.29, 0.717) is 23.8 Å². The van der Waals surface area contributed by atoms with Crippen LogP contribution in [0.15, 0.2) is 84.9 Å². The molecule has 0 amide bonds. The Balaban J connectivity index is 1.97. The molecule has 0 bridgehead atoms. The minimum Gasteiger partial charge on any atom is -0.488 e. The van der Waals surface area contributed by atoms with Crippen molar-refractivity contribution in [2.75, 3.05) is 0 Å². The van der Waals surface area contributed by atoms with Crippen LogP contribution in [0.1, 0.15) is 41.7 Å². The van der Waals surface area contributed by atoms with E-state index in [0.717, 1.165) is 24.3 Å². The summed E-state index contributed by atoms with van der Waals surface area (Å²) in [5, 5.41) is 3.04. The van der Waals surface area contributed by atoms with Crippen LogP contribution in [0.3, 0.4) is 0 Å². The van der Waals surface area contributed by atoms with Crippen LogP contribution < -0.4 is 14.8 Å². The summed E-state index contributed by atoms with van der Waals surface area (Å²) in [6, 6.07) is 16.3. The summed E-state index contributed by atoms with van der Waals surface area (Å²) in [6.45, 7) is 2.79. The summed E-state index contributed by atoms with van der Waals surface area (Å²) in [7, 11) is 0. The minimum absolute atomic E-state index is 0.0796. The van der Waals surface area contributed by atoms with E-state index in [9.17, 15) is 39.5 Å². The van der Waals surface area contributed by atoms with Gasteiger partial charge in [0.15, 0.2) is 11.6 Å². The monoisotopic (exact) mass is 659 g/mol. The Hall–Kier alpha value is -4.26. The molecule has 1 atom stereocenters. The van der Waals surface area contributed by atoms with Crippen LogP contribution in [0.4, 0.5) is 43.9 Å². The third kappa shape index (κ3) is 8.11. The molecule has 1 N–H and O–H groups in total. The number of nitrogens with one attached hydrogen (secondary N) is 1. The van der Waals surface area contributed by atoms with Crippen molar-refractivity contribution >= 4 is 0 Å². The Labute approximate surface area is 257 Å². The van der Waals surface area contributed by atoms with E-state index in [-0.39, 0.29) is 28.9 Å². The molecular weight excluding hydrogens is 632 g/mol. The van der Waals surface area contributed by atoms with Crippen molar-refractivity contribution in [3.05, 3.63) is 130 Å². The highest BCUT2D eigenvalue weighted by atomic mass is 19.4. The van der Waals surface area contributed by atoms with E-state index in [1.807, 2.05) is 0 Å². The highest BCUT2D eigenvalue weighted by Gasteiger charge is 2.45. The molecule has 0 spiro atoms. The fraction of sp³-hybridized carbons (Fsp3) is 0.273. The average molecular weight is 660 g/mol. The fourth-order valence-electron chi connectivity index (χ4n) is 4.87. The van der Waals surface area contributed by atoms with Gasteiger partial charge < -0.3 is 9.47 Å². The van der Waals surface area contributed by atoms with Crippen LogP contribution in [0, 0.1) is 17.5 Å². The van der Waals surface area contributed by atoms with Crippen molar-refractivity contribution in [2.45, 2.75) is 57.2 Å². The highest BCUT2D eigenvalue weighted by molar-refractivity contribution is 5.47. The number of benzene rings is 4. The lowest BCUT2D eigenvalue weighted by Crippen LogP contribution is -2.45. The number of hydrogen-bond acceptors (Lipinski definition) is 3. The second kappa shape index (κ2) is 13.6. The number of ether oxygens (including phenoxy) is 2. The van der Waals surface area contributed by atoms with Crippen molar-refractivity contribution < 1.29 is 53.4 Å². The Morgan fingerprint density at radius 2 is 1.39 bits per heavy atom.